The topological polar surface area (TPSA) is 81.1 Å². The number of Topliss-reactive ketones (excluding diaryl/α,β-unsaturated/α-hetero) is 1. The molecule has 0 atom stereocenters. The van der Waals surface area contributed by atoms with Crippen molar-refractivity contribution >= 4 is 46.0 Å². The zero-order valence-electron chi connectivity index (χ0n) is 20.3. The van der Waals surface area contributed by atoms with Crippen LogP contribution in [0.4, 0.5) is 4.39 Å². The molecule has 0 spiro atoms. The number of carbonyl (C=O) groups excluding carboxylic acids is 2. The summed E-state index contributed by atoms with van der Waals surface area (Å²) in [5.41, 5.74) is 0.970. The molecule has 0 fully saturated rings. The number of nitrogens with zero attached hydrogens (tertiary/aromatic N) is 2. The van der Waals surface area contributed by atoms with Crippen molar-refractivity contribution in [2.24, 2.45) is 5.92 Å². The molecule has 4 rings (SSSR count). The number of thioether (sulfide) groups is 1. The summed E-state index contributed by atoms with van der Waals surface area (Å²) in [5, 5.41) is 3.79. The summed E-state index contributed by atoms with van der Waals surface area (Å²) in [7, 11) is 0. The van der Waals surface area contributed by atoms with Gasteiger partial charge in [0.15, 0.2) is 10.9 Å². The highest BCUT2D eigenvalue weighted by Crippen LogP contribution is 2.24. The van der Waals surface area contributed by atoms with Crippen molar-refractivity contribution in [3.05, 3.63) is 99.1 Å². The quantitative estimate of drug-likeness (QED) is 0.163. The predicted octanol–water partition coefficient (Wildman–Crippen LogP) is 5.93. The first-order valence-electron chi connectivity index (χ1n) is 11.8. The number of halogens is 2. The van der Waals surface area contributed by atoms with Gasteiger partial charge in [-0.3, -0.25) is 19.0 Å². The SMILES string of the molecule is CC(C)CCNC(=O)c1ccc2c(=O)n(-c3cccc(F)c3)c(SCC(=O)c3cccc(Cl)c3)nc2c1. The molecule has 1 N–H and O–H groups in total. The minimum Gasteiger partial charge on any atom is -0.352 e. The van der Waals surface area contributed by atoms with Crippen LogP contribution in [0.3, 0.4) is 0 Å². The largest absolute Gasteiger partial charge is 0.352 e. The lowest BCUT2D eigenvalue weighted by atomic mass is 10.1. The number of benzene rings is 3. The maximum absolute atomic E-state index is 14.0. The highest BCUT2D eigenvalue weighted by atomic mass is 35.5. The lowest BCUT2D eigenvalue weighted by molar-refractivity contribution is 0.0951. The summed E-state index contributed by atoms with van der Waals surface area (Å²) in [4.78, 5) is 43.6. The van der Waals surface area contributed by atoms with Gasteiger partial charge in [0.2, 0.25) is 0 Å². The van der Waals surface area contributed by atoms with Crippen LogP contribution in [0.15, 0.2) is 76.7 Å². The molecule has 3 aromatic carbocycles. The number of rotatable bonds is 9. The van der Waals surface area contributed by atoms with Crippen molar-refractivity contribution in [2.45, 2.75) is 25.4 Å². The normalized spacial score (nSPS) is 11.2. The number of nitrogens with one attached hydrogen (secondary N) is 1. The fourth-order valence-electron chi connectivity index (χ4n) is 3.70. The van der Waals surface area contributed by atoms with E-state index < -0.39 is 11.4 Å². The second-order valence-electron chi connectivity index (χ2n) is 8.91. The van der Waals surface area contributed by atoms with Gasteiger partial charge in [-0.1, -0.05) is 55.4 Å². The molecule has 190 valence electrons. The molecule has 0 saturated carbocycles. The van der Waals surface area contributed by atoms with E-state index in [0.717, 1.165) is 18.2 Å². The fraction of sp³-hybridized carbons (Fsp3) is 0.214. The molecule has 0 bridgehead atoms. The van der Waals surface area contributed by atoms with Crippen molar-refractivity contribution in [3.8, 4) is 5.69 Å². The standard InChI is InChI=1S/C28H25ClFN3O3S/c1-17(2)11-12-31-26(35)19-9-10-23-24(14-19)32-28(33(27(23)36)22-8-4-7-21(30)15-22)37-16-25(34)18-5-3-6-20(29)13-18/h3-10,13-15,17H,11-12,16H2,1-2H3,(H,31,35). The van der Waals surface area contributed by atoms with E-state index in [1.165, 1.54) is 22.8 Å². The zero-order chi connectivity index (χ0) is 26.5. The smallest absolute Gasteiger partial charge is 0.266 e. The zero-order valence-corrected chi connectivity index (χ0v) is 21.9. The molecule has 0 radical (unpaired) electrons. The van der Waals surface area contributed by atoms with E-state index in [1.54, 1.807) is 48.5 Å². The Kier molecular flexibility index (Phi) is 8.41. The molecule has 1 heterocycles. The van der Waals surface area contributed by atoms with Crippen LogP contribution in [0.5, 0.6) is 0 Å². The van der Waals surface area contributed by atoms with Gasteiger partial charge in [0.05, 0.1) is 22.3 Å². The van der Waals surface area contributed by atoms with Gasteiger partial charge in [0.25, 0.3) is 11.5 Å². The first-order chi connectivity index (χ1) is 17.7. The van der Waals surface area contributed by atoms with Gasteiger partial charge >= 0.3 is 0 Å². The van der Waals surface area contributed by atoms with Crippen LogP contribution in [0.25, 0.3) is 16.6 Å². The molecule has 4 aromatic rings. The Bertz CT molecular complexity index is 1540. The average molecular weight is 538 g/mol. The van der Waals surface area contributed by atoms with E-state index in [0.29, 0.717) is 34.1 Å². The Hall–Kier alpha value is -3.49. The Morgan fingerprint density at radius 3 is 2.57 bits per heavy atom. The summed E-state index contributed by atoms with van der Waals surface area (Å²) in [6.45, 7) is 4.69. The maximum atomic E-state index is 14.0. The molecular formula is C28H25ClFN3O3S. The van der Waals surface area contributed by atoms with Gasteiger partial charge in [0.1, 0.15) is 5.82 Å². The number of hydrogen-bond donors (Lipinski definition) is 1. The van der Waals surface area contributed by atoms with Crippen LogP contribution in [0, 0.1) is 11.7 Å². The van der Waals surface area contributed by atoms with Gasteiger partial charge < -0.3 is 5.32 Å². The minimum atomic E-state index is -0.510. The van der Waals surface area contributed by atoms with E-state index in [9.17, 15) is 18.8 Å². The number of aromatic nitrogens is 2. The van der Waals surface area contributed by atoms with Gasteiger partial charge in [0, 0.05) is 22.7 Å². The third-order valence-electron chi connectivity index (χ3n) is 5.65. The van der Waals surface area contributed by atoms with E-state index in [4.69, 9.17) is 11.6 Å². The van der Waals surface area contributed by atoms with Crippen molar-refractivity contribution < 1.29 is 14.0 Å². The van der Waals surface area contributed by atoms with Crippen molar-refractivity contribution in [1.82, 2.24) is 14.9 Å². The Morgan fingerprint density at radius 1 is 1.05 bits per heavy atom. The Labute approximate surface area is 222 Å². The molecule has 0 unspecified atom stereocenters. The lowest BCUT2D eigenvalue weighted by Crippen LogP contribution is -2.26. The molecule has 0 aliphatic rings. The number of amides is 1. The molecule has 6 nitrogen and oxygen atoms in total. The number of fused-ring (bicyclic) bond motifs is 1. The van der Waals surface area contributed by atoms with E-state index in [-0.39, 0.29) is 33.7 Å². The third kappa shape index (κ3) is 6.45. The first-order valence-corrected chi connectivity index (χ1v) is 13.1. The van der Waals surface area contributed by atoms with Crippen LogP contribution in [-0.4, -0.2) is 33.5 Å². The molecule has 37 heavy (non-hydrogen) atoms. The highest BCUT2D eigenvalue weighted by Gasteiger charge is 2.18. The second-order valence-corrected chi connectivity index (χ2v) is 10.3. The molecule has 1 amide bonds. The van der Waals surface area contributed by atoms with Crippen LogP contribution in [0.1, 0.15) is 41.0 Å². The molecule has 0 aliphatic heterocycles. The number of hydrogen-bond acceptors (Lipinski definition) is 5. The molecule has 1 aromatic heterocycles. The third-order valence-corrected chi connectivity index (χ3v) is 6.83. The predicted molar refractivity (Wildman–Crippen MR) is 146 cm³/mol. The van der Waals surface area contributed by atoms with E-state index in [1.807, 2.05) is 0 Å². The molecule has 0 saturated heterocycles. The highest BCUT2D eigenvalue weighted by molar-refractivity contribution is 7.99. The summed E-state index contributed by atoms with van der Waals surface area (Å²) < 4.78 is 15.3. The monoisotopic (exact) mass is 537 g/mol. The van der Waals surface area contributed by atoms with Gasteiger partial charge in [-0.25, -0.2) is 9.37 Å². The van der Waals surface area contributed by atoms with Crippen LogP contribution >= 0.6 is 23.4 Å². The minimum absolute atomic E-state index is 0.0248. The molecule has 9 heteroatoms. The van der Waals surface area contributed by atoms with Crippen molar-refractivity contribution in [2.75, 3.05) is 12.3 Å². The van der Waals surface area contributed by atoms with Gasteiger partial charge in [-0.15, -0.1) is 0 Å². The van der Waals surface area contributed by atoms with Crippen molar-refractivity contribution in [1.29, 1.82) is 0 Å². The number of carbonyl (C=O) groups is 2. The summed E-state index contributed by atoms with van der Waals surface area (Å²) in [5.74, 6) is -0.545. The maximum Gasteiger partial charge on any atom is 0.266 e. The Morgan fingerprint density at radius 2 is 1.84 bits per heavy atom. The van der Waals surface area contributed by atoms with Crippen LogP contribution in [-0.2, 0) is 0 Å². The summed E-state index contributed by atoms with van der Waals surface area (Å²) in [6.07, 6.45) is 0.845. The lowest BCUT2D eigenvalue weighted by Gasteiger charge is -2.14. The van der Waals surface area contributed by atoms with Crippen LogP contribution in [0.2, 0.25) is 5.02 Å². The van der Waals surface area contributed by atoms with E-state index in [2.05, 4.69) is 24.1 Å². The van der Waals surface area contributed by atoms with Gasteiger partial charge in [-0.05, 0) is 60.9 Å². The van der Waals surface area contributed by atoms with E-state index >= 15 is 0 Å². The summed E-state index contributed by atoms with van der Waals surface area (Å²) in [6, 6.07) is 16.9. The fourth-order valence-corrected chi connectivity index (χ4v) is 4.80. The molecule has 0 aliphatic carbocycles. The Balaban J connectivity index is 1.73. The summed E-state index contributed by atoms with van der Waals surface area (Å²) >= 11 is 7.07. The van der Waals surface area contributed by atoms with Crippen molar-refractivity contribution in [3.63, 3.8) is 0 Å². The first kappa shape index (κ1) is 26.6. The molecular weight excluding hydrogens is 513 g/mol. The average Bonchev–Trinajstić information content (AvgIpc) is 2.86. The number of ketones is 1. The van der Waals surface area contributed by atoms with Gasteiger partial charge in [-0.2, -0.15) is 0 Å². The second kappa shape index (κ2) is 11.7. The van der Waals surface area contributed by atoms with Crippen LogP contribution < -0.4 is 10.9 Å².